The number of hydrogen-bond donors (Lipinski definition) is 3. The van der Waals surface area contributed by atoms with E-state index in [1.54, 1.807) is 0 Å². The lowest BCUT2D eigenvalue weighted by Gasteiger charge is -2.20. The predicted octanol–water partition coefficient (Wildman–Crippen LogP) is 3.60. The van der Waals surface area contributed by atoms with Crippen LogP contribution in [0.25, 0.3) is 10.9 Å². The van der Waals surface area contributed by atoms with Crippen molar-refractivity contribution < 1.29 is 31.4 Å². The molecule has 0 bridgehead atoms. The van der Waals surface area contributed by atoms with E-state index in [1.165, 1.54) is 6.07 Å². The maximum absolute atomic E-state index is 13.2. The third-order valence-electron chi connectivity index (χ3n) is 4.48. The summed E-state index contributed by atoms with van der Waals surface area (Å²) in [5.74, 6) is 0. The predicted molar refractivity (Wildman–Crippen MR) is 85.7 cm³/mol. The van der Waals surface area contributed by atoms with Crippen molar-refractivity contribution in [2.75, 3.05) is 13.1 Å². The van der Waals surface area contributed by atoms with Crippen LogP contribution < -0.4 is 10.6 Å². The number of aliphatic hydroxyl groups is 1. The summed E-state index contributed by atoms with van der Waals surface area (Å²) < 4.78 is 79.2. The highest BCUT2D eigenvalue weighted by Gasteiger charge is 2.38. The second kappa shape index (κ2) is 7.25. The number of pyridine rings is 1. The molecule has 2 aromatic rings. The third kappa shape index (κ3) is 4.33. The smallest absolute Gasteiger partial charge is 0.374 e. The fourth-order valence-electron chi connectivity index (χ4n) is 3.17. The number of halogens is 6. The van der Waals surface area contributed by atoms with Crippen LogP contribution in [0.5, 0.6) is 0 Å². The number of para-hydroxylation sites is 1. The summed E-state index contributed by atoms with van der Waals surface area (Å²) in [5.41, 5.74) is -3.90. The molecule has 1 aliphatic rings. The first kappa shape index (κ1) is 19.8. The quantitative estimate of drug-likeness (QED) is 0.549. The van der Waals surface area contributed by atoms with Crippen LogP contribution in [0.4, 0.5) is 26.3 Å². The summed E-state index contributed by atoms with van der Waals surface area (Å²) in [6.07, 6.45) is -9.62. The van der Waals surface area contributed by atoms with Crippen LogP contribution in [0.1, 0.15) is 35.9 Å². The normalized spacial score (nSPS) is 19.6. The molecule has 3 N–H and O–H groups in total. The zero-order chi connectivity index (χ0) is 19.8. The molecule has 10 heteroatoms. The molecule has 2 atom stereocenters. The standard InChI is InChI=1S/C17H17F6N3O/c18-16(19,20)12-5-1-4-10-11(7-13(17(21,22)23)26-14(10)12)15(27)25-8-9-3-2-6-24-9/h1,4-5,7,9,15,24-25,27H,2-3,6,8H2/t9-,15?/m1/s1. The second-order valence-electron chi connectivity index (χ2n) is 6.40. The van der Waals surface area contributed by atoms with Gasteiger partial charge in [0.1, 0.15) is 11.9 Å². The number of hydrogen-bond acceptors (Lipinski definition) is 4. The van der Waals surface area contributed by atoms with Crippen LogP contribution >= 0.6 is 0 Å². The molecule has 1 saturated heterocycles. The van der Waals surface area contributed by atoms with Gasteiger partial charge in [-0.15, -0.1) is 0 Å². The van der Waals surface area contributed by atoms with Gasteiger partial charge in [-0.3, -0.25) is 5.32 Å². The number of fused-ring (bicyclic) bond motifs is 1. The van der Waals surface area contributed by atoms with E-state index in [9.17, 15) is 31.4 Å². The molecule has 4 nitrogen and oxygen atoms in total. The molecule has 27 heavy (non-hydrogen) atoms. The minimum atomic E-state index is -4.95. The maximum Gasteiger partial charge on any atom is 0.433 e. The molecule has 1 aliphatic heterocycles. The zero-order valence-corrected chi connectivity index (χ0v) is 14.0. The molecule has 1 aromatic carbocycles. The second-order valence-corrected chi connectivity index (χ2v) is 6.40. The topological polar surface area (TPSA) is 57.2 Å². The first-order valence-electron chi connectivity index (χ1n) is 8.30. The van der Waals surface area contributed by atoms with Crippen molar-refractivity contribution in [2.24, 2.45) is 0 Å². The fourth-order valence-corrected chi connectivity index (χ4v) is 3.17. The molecule has 1 unspecified atom stereocenters. The highest BCUT2D eigenvalue weighted by molar-refractivity contribution is 5.86. The largest absolute Gasteiger partial charge is 0.433 e. The van der Waals surface area contributed by atoms with Gasteiger partial charge in [-0.1, -0.05) is 12.1 Å². The van der Waals surface area contributed by atoms with Crippen LogP contribution in [-0.4, -0.2) is 29.2 Å². The average Bonchev–Trinajstić information content (AvgIpc) is 3.10. The van der Waals surface area contributed by atoms with Gasteiger partial charge in [0.15, 0.2) is 0 Å². The van der Waals surface area contributed by atoms with E-state index in [-0.39, 0.29) is 23.5 Å². The van der Waals surface area contributed by atoms with Crippen molar-refractivity contribution in [3.8, 4) is 0 Å². The minimum Gasteiger partial charge on any atom is -0.374 e. The van der Waals surface area contributed by atoms with Crippen molar-refractivity contribution in [1.82, 2.24) is 15.6 Å². The monoisotopic (exact) mass is 393 g/mol. The number of aromatic nitrogens is 1. The van der Waals surface area contributed by atoms with Crippen molar-refractivity contribution in [3.63, 3.8) is 0 Å². The van der Waals surface area contributed by atoms with E-state index < -0.39 is 35.4 Å². The molecule has 0 spiro atoms. The van der Waals surface area contributed by atoms with Gasteiger partial charge in [0.05, 0.1) is 11.1 Å². The van der Waals surface area contributed by atoms with Crippen LogP contribution in [-0.2, 0) is 12.4 Å². The molecule has 3 rings (SSSR count). The Hall–Kier alpha value is -1.91. The highest BCUT2D eigenvalue weighted by Crippen LogP contribution is 2.38. The van der Waals surface area contributed by atoms with E-state index >= 15 is 0 Å². The zero-order valence-electron chi connectivity index (χ0n) is 14.0. The van der Waals surface area contributed by atoms with E-state index in [0.717, 1.165) is 25.5 Å². The van der Waals surface area contributed by atoms with Gasteiger partial charge < -0.3 is 10.4 Å². The van der Waals surface area contributed by atoms with Gasteiger partial charge in [-0.25, -0.2) is 4.98 Å². The average molecular weight is 393 g/mol. The molecule has 1 fully saturated rings. The summed E-state index contributed by atoms with van der Waals surface area (Å²) in [6.45, 7) is 1.07. The van der Waals surface area contributed by atoms with E-state index in [4.69, 9.17) is 0 Å². The molecule has 0 radical (unpaired) electrons. The number of nitrogens with one attached hydrogen (secondary N) is 2. The number of nitrogens with zero attached hydrogens (tertiary/aromatic N) is 1. The van der Waals surface area contributed by atoms with Crippen LogP contribution in [0, 0.1) is 0 Å². The molecule has 2 heterocycles. The lowest BCUT2D eigenvalue weighted by molar-refractivity contribution is -0.142. The molecule has 1 aromatic heterocycles. The highest BCUT2D eigenvalue weighted by atomic mass is 19.4. The lowest BCUT2D eigenvalue weighted by Crippen LogP contribution is -2.36. The number of aliphatic hydroxyl groups excluding tert-OH is 1. The van der Waals surface area contributed by atoms with Crippen LogP contribution in [0.2, 0.25) is 0 Å². The van der Waals surface area contributed by atoms with Gasteiger partial charge in [0.25, 0.3) is 0 Å². The third-order valence-corrected chi connectivity index (χ3v) is 4.48. The van der Waals surface area contributed by atoms with Crippen molar-refractivity contribution in [1.29, 1.82) is 0 Å². The summed E-state index contributed by atoms with van der Waals surface area (Å²) in [6, 6.07) is 3.59. The molecule has 0 saturated carbocycles. The van der Waals surface area contributed by atoms with E-state index in [1.807, 2.05) is 0 Å². The number of rotatable bonds is 4. The van der Waals surface area contributed by atoms with E-state index in [0.29, 0.717) is 12.1 Å². The Morgan fingerprint density at radius 1 is 1.19 bits per heavy atom. The summed E-state index contributed by atoms with van der Waals surface area (Å²) in [4.78, 5) is 3.20. The molecule has 0 amide bonds. The molecular formula is C17H17F6N3O. The first-order valence-corrected chi connectivity index (χ1v) is 8.30. The Morgan fingerprint density at radius 3 is 2.52 bits per heavy atom. The van der Waals surface area contributed by atoms with Gasteiger partial charge in [0, 0.05) is 23.5 Å². The minimum absolute atomic E-state index is 0.0422. The van der Waals surface area contributed by atoms with Crippen molar-refractivity contribution >= 4 is 10.9 Å². The molecular weight excluding hydrogens is 376 g/mol. The van der Waals surface area contributed by atoms with E-state index in [2.05, 4.69) is 15.6 Å². The Morgan fingerprint density at radius 2 is 1.93 bits per heavy atom. The van der Waals surface area contributed by atoms with Crippen molar-refractivity contribution in [2.45, 2.75) is 37.5 Å². The molecule has 0 aliphatic carbocycles. The Bertz CT molecular complexity index is 815. The van der Waals surface area contributed by atoms with Crippen molar-refractivity contribution in [3.05, 3.63) is 41.1 Å². The Labute approximate surface area is 150 Å². The van der Waals surface area contributed by atoms with Crippen LogP contribution in [0.3, 0.4) is 0 Å². The van der Waals surface area contributed by atoms with Crippen LogP contribution in [0.15, 0.2) is 24.3 Å². The Kier molecular flexibility index (Phi) is 5.33. The Balaban J connectivity index is 2.06. The summed E-state index contributed by atoms with van der Waals surface area (Å²) in [5, 5.41) is 16.0. The van der Waals surface area contributed by atoms with Gasteiger partial charge in [-0.2, -0.15) is 26.3 Å². The maximum atomic E-state index is 13.2. The number of alkyl halides is 6. The SMILES string of the molecule is OC(NC[C@H]1CCCN1)c1cc(C(F)(F)F)nc2c(C(F)(F)F)cccc12. The summed E-state index contributed by atoms with van der Waals surface area (Å²) >= 11 is 0. The summed E-state index contributed by atoms with van der Waals surface area (Å²) in [7, 11) is 0. The van der Waals surface area contributed by atoms with Gasteiger partial charge >= 0.3 is 12.4 Å². The first-order chi connectivity index (χ1) is 12.6. The lowest BCUT2D eigenvalue weighted by atomic mass is 10.0. The fraction of sp³-hybridized carbons (Fsp3) is 0.471. The van der Waals surface area contributed by atoms with Gasteiger partial charge in [-0.05, 0) is 31.5 Å². The van der Waals surface area contributed by atoms with Gasteiger partial charge in [0.2, 0.25) is 0 Å². The number of benzene rings is 1. The molecule has 148 valence electrons.